The van der Waals surface area contributed by atoms with E-state index >= 15 is 0 Å². The maximum absolute atomic E-state index is 12.2. The minimum atomic E-state index is -1.29. The number of nitrogens with one attached hydrogen (secondary N) is 2. The number of carbonyl (C=O) groups is 6. The highest BCUT2D eigenvalue weighted by Gasteiger charge is 2.31. The summed E-state index contributed by atoms with van der Waals surface area (Å²) in [6, 6.07) is -2.46. The summed E-state index contributed by atoms with van der Waals surface area (Å²) in [4.78, 5) is 70.4. The number of rotatable bonds is 12. The number of nitrogens with two attached hydrogens (primary N) is 1. The molecule has 6 N–H and O–H groups in total. The third kappa shape index (κ3) is 7.54. The smallest absolute Gasteiger partial charge is 0.322 e. The summed E-state index contributed by atoms with van der Waals surface area (Å²) in [7, 11) is 0. The van der Waals surface area contributed by atoms with Gasteiger partial charge in [-0.2, -0.15) is 0 Å². The summed E-state index contributed by atoms with van der Waals surface area (Å²) in [6.07, 6.45) is 0.683. The van der Waals surface area contributed by atoms with E-state index in [9.17, 15) is 28.8 Å². The number of carboxylic acid groups (broad SMARTS) is 2. The monoisotopic (exact) mass is 430 g/mol. The highest BCUT2D eigenvalue weighted by Crippen LogP contribution is 2.24. The molecule has 1 aliphatic heterocycles. The number of carboxylic acids is 2. The Labute approximate surface area is 169 Å². The number of hydrogen-bond donors (Lipinski definition) is 5. The van der Waals surface area contributed by atoms with Crippen LogP contribution in [0.4, 0.5) is 0 Å². The quantitative estimate of drug-likeness (QED) is 0.213. The molecule has 2 atom stereocenters. The Bertz CT molecular complexity index is 738. The van der Waals surface area contributed by atoms with Crippen LogP contribution in [0.5, 0.6) is 0 Å². The molecule has 0 spiro atoms. The number of aliphatic carboxylic acids is 2. The zero-order valence-corrected chi connectivity index (χ0v) is 16.4. The van der Waals surface area contributed by atoms with Crippen molar-refractivity contribution in [2.24, 2.45) is 5.73 Å². The van der Waals surface area contributed by atoms with Crippen LogP contribution in [0, 0.1) is 0 Å². The zero-order chi connectivity index (χ0) is 22.1. The van der Waals surface area contributed by atoms with Crippen molar-refractivity contribution < 1.29 is 39.0 Å². The minimum absolute atomic E-state index is 0.0926. The van der Waals surface area contributed by atoms with Crippen LogP contribution < -0.4 is 16.4 Å². The highest BCUT2D eigenvalue weighted by molar-refractivity contribution is 8.04. The van der Waals surface area contributed by atoms with Crippen molar-refractivity contribution in [1.82, 2.24) is 15.5 Å². The predicted octanol–water partition coefficient (Wildman–Crippen LogP) is -2.13. The standard InChI is InChI=1S/C16H22N4O8S/c1-2-20-12(22)5-10(15(20)26)29-7-9(14(25)18-6-13(23)24)19-11(21)4-3-8(17)16(27)28/h5,8-9H,2-4,6-7,17H2,1H3,(H,18,25)(H,19,21)(H,23,24)(H,27,28). The van der Waals surface area contributed by atoms with Gasteiger partial charge in [-0.15, -0.1) is 11.8 Å². The van der Waals surface area contributed by atoms with Gasteiger partial charge in [-0.05, 0) is 13.3 Å². The molecular formula is C16H22N4O8S. The number of hydrogen-bond acceptors (Lipinski definition) is 8. The topological polar surface area (TPSA) is 196 Å². The molecule has 0 radical (unpaired) electrons. The Kier molecular flexibility index (Phi) is 9.28. The van der Waals surface area contributed by atoms with Crippen molar-refractivity contribution in [1.29, 1.82) is 0 Å². The van der Waals surface area contributed by atoms with Gasteiger partial charge in [0.1, 0.15) is 18.6 Å². The fourth-order valence-electron chi connectivity index (χ4n) is 2.21. The van der Waals surface area contributed by atoms with E-state index in [0.717, 1.165) is 22.7 Å². The maximum atomic E-state index is 12.2. The number of likely N-dealkylation sites (N-methyl/N-ethyl adjacent to an activating group) is 1. The van der Waals surface area contributed by atoms with Crippen LogP contribution in [0.2, 0.25) is 0 Å². The second-order valence-corrected chi connectivity index (χ2v) is 6.98. The molecule has 4 amide bonds. The van der Waals surface area contributed by atoms with E-state index in [1.54, 1.807) is 6.92 Å². The Morgan fingerprint density at radius 1 is 1.24 bits per heavy atom. The van der Waals surface area contributed by atoms with Crippen LogP contribution in [0.3, 0.4) is 0 Å². The molecule has 0 saturated heterocycles. The highest BCUT2D eigenvalue weighted by atomic mass is 32.2. The van der Waals surface area contributed by atoms with Gasteiger partial charge in [-0.25, -0.2) is 0 Å². The van der Waals surface area contributed by atoms with Gasteiger partial charge >= 0.3 is 11.9 Å². The Morgan fingerprint density at radius 3 is 2.41 bits per heavy atom. The molecule has 1 aliphatic rings. The molecular weight excluding hydrogens is 408 g/mol. The molecule has 1 heterocycles. The van der Waals surface area contributed by atoms with Crippen LogP contribution in [0.25, 0.3) is 0 Å². The summed E-state index contributed by atoms with van der Waals surface area (Å²) >= 11 is 0.864. The van der Waals surface area contributed by atoms with Crippen LogP contribution in [0.1, 0.15) is 19.8 Å². The fraction of sp³-hybridized carbons (Fsp3) is 0.500. The van der Waals surface area contributed by atoms with Gasteiger partial charge in [0.2, 0.25) is 11.8 Å². The lowest BCUT2D eigenvalue weighted by Gasteiger charge is -2.18. The maximum Gasteiger partial charge on any atom is 0.322 e. The molecule has 12 nitrogen and oxygen atoms in total. The summed E-state index contributed by atoms with van der Waals surface area (Å²) in [6.45, 7) is 1.13. The number of thioether (sulfide) groups is 1. The van der Waals surface area contributed by atoms with Crippen LogP contribution >= 0.6 is 11.8 Å². The SMILES string of the molecule is CCN1C(=O)C=C(SCC(NC(=O)CCC(N)C(=O)O)C(=O)NCC(=O)O)C1=O. The molecule has 0 aromatic heterocycles. The molecule has 0 saturated carbocycles. The first-order valence-electron chi connectivity index (χ1n) is 8.54. The van der Waals surface area contributed by atoms with Crippen molar-refractivity contribution in [3.05, 3.63) is 11.0 Å². The van der Waals surface area contributed by atoms with Gasteiger partial charge in [-0.1, -0.05) is 0 Å². The predicted molar refractivity (Wildman–Crippen MR) is 100 cm³/mol. The summed E-state index contributed by atoms with van der Waals surface area (Å²) < 4.78 is 0. The molecule has 29 heavy (non-hydrogen) atoms. The molecule has 13 heteroatoms. The molecule has 0 fully saturated rings. The van der Waals surface area contributed by atoms with Gasteiger partial charge in [-0.3, -0.25) is 33.7 Å². The summed E-state index contributed by atoms with van der Waals surface area (Å²) in [5, 5.41) is 21.9. The van der Waals surface area contributed by atoms with Crippen molar-refractivity contribution in [3.63, 3.8) is 0 Å². The molecule has 0 aromatic rings. The first-order valence-corrected chi connectivity index (χ1v) is 9.52. The van der Waals surface area contributed by atoms with Gasteiger partial charge in [0.25, 0.3) is 11.8 Å². The number of nitrogens with zero attached hydrogens (tertiary/aromatic N) is 1. The van der Waals surface area contributed by atoms with Gasteiger partial charge < -0.3 is 26.6 Å². The lowest BCUT2D eigenvalue weighted by molar-refractivity contribution is -0.139. The van der Waals surface area contributed by atoms with Crippen LogP contribution in [0.15, 0.2) is 11.0 Å². The zero-order valence-electron chi connectivity index (χ0n) is 15.5. The lowest BCUT2D eigenvalue weighted by Crippen LogP contribution is -2.49. The molecule has 160 valence electrons. The first kappa shape index (κ1) is 24.1. The Hall–Kier alpha value is -2.93. The second-order valence-electron chi connectivity index (χ2n) is 5.92. The number of imide groups is 1. The Morgan fingerprint density at radius 2 is 1.90 bits per heavy atom. The van der Waals surface area contributed by atoms with Crippen LogP contribution in [-0.4, -0.2) is 81.6 Å². The number of carbonyl (C=O) groups excluding carboxylic acids is 4. The third-order valence-corrected chi connectivity index (χ3v) is 4.87. The van der Waals surface area contributed by atoms with E-state index in [1.165, 1.54) is 0 Å². The minimum Gasteiger partial charge on any atom is -0.480 e. The first-order chi connectivity index (χ1) is 13.6. The summed E-state index contributed by atoms with van der Waals surface area (Å²) in [5.74, 6) is -5.20. The van der Waals surface area contributed by atoms with Crippen molar-refractivity contribution in [3.8, 4) is 0 Å². The largest absolute Gasteiger partial charge is 0.480 e. The Balaban J connectivity index is 2.74. The van der Waals surface area contributed by atoms with E-state index < -0.39 is 54.2 Å². The lowest BCUT2D eigenvalue weighted by atomic mass is 10.1. The van der Waals surface area contributed by atoms with E-state index in [-0.39, 0.29) is 30.0 Å². The van der Waals surface area contributed by atoms with Crippen molar-refractivity contribution >= 4 is 47.3 Å². The average molecular weight is 430 g/mol. The van der Waals surface area contributed by atoms with E-state index in [2.05, 4.69) is 10.6 Å². The van der Waals surface area contributed by atoms with Crippen molar-refractivity contribution in [2.45, 2.75) is 31.8 Å². The molecule has 0 aromatic carbocycles. The van der Waals surface area contributed by atoms with E-state index in [4.69, 9.17) is 15.9 Å². The fourth-order valence-corrected chi connectivity index (χ4v) is 3.21. The normalized spacial score (nSPS) is 15.5. The summed E-state index contributed by atoms with van der Waals surface area (Å²) in [5.41, 5.74) is 5.32. The van der Waals surface area contributed by atoms with Crippen molar-refractivity contribution in [2.75, 3.05) is 18.8 Å². The van der Waals surface area contributed by atoms with Gasteiger partial charge in [0, 0.05) is 24.8 Å². The molecule has 1 rings (SSSR count). The molecule has 0 aliphatic carbocycles. The van der Waals surface area contributed by atoms with E-state index in [1.807, 2.05) is 0 Å². The third-order valence-electron chi connectivity index (χ3n) is 3.76. The van der Waals surface area contributed by atoms with E-state index in [0.29, 0.717) is 0 Å². The van der Waals surface area contributed by atoms with Gasteiger partial charge in [0.15, 0.2) is 0 Å². The van der Waals surface area contributed by atoms with Crippen LogP contribution in [-0.2, 0) is 28.8 Å². The molecule has 0 bridgehead atoms. The van der Waals surface area contributed by atoms with Gasteiger partial charge in [0.05, 0.1) is 4.91 Å². The second kappa shape index (κ2) is 11.2. The molecule has 2 unspecified atom stereocenters. The average Bonchev–Trinajstić information content (AvgIpc) is 2.93. The number of amides is 4.